The fourth-order valence-electron chi connectivity index (χ4n) is 3.56. The first-order valence-electron chi connectivity index (χ1n) is 10.7. The average molecular weight is 513 g/mol. The zero-order chi connectivity index (χ0) is 24.9. The van der Waals surface area contributed by atoms with Crippen LogP contribution in [0.1, 0.15) is 27.8 Å². The Morgan fingerprint density at radius 1 is 1.11 bits per heavy atom. The number of hydrogen-bond donors (Lipinski definition) is 0. The smallest absolute Gasteiger partial charge is 0.220 e. The Hall–Kier alpha value is -3.43. The Morgan fingerprint density at radius 2 is 1.91 bits per heavy atom. The summed E-state index contributed by atoms with van der Waals surface area (Å²) in [5.74, 6) is 0.672. The van der Waals surface area contributed by atoms with Gasteiger partial charge in [0.25, 0.3) is 0 Å². The van der Waals surface area contributed by atoms with Gasteiger partial charge in [0, 0.05) is 16.2 Å². The molecule has 0 N–H and O–H groups in total. The van der Waals surface area contributed by atoms with E-state index in [1.807, 2.05) is 42.7 Å². The van der Waals surface area contributed by atoms with E-state index in [1.165, 1.54) is 17.8 Å². The minimum absolute atomic E-state index is 0.0116. The zero-order valence-electron chi connectivity index (χ0n) is 19.0. The molecule has 1 heterocycles. The van der Waals surface area contributed by atoms with Crippen LogP contribution in [-0.2, 0) is 6.61 Å². The molecule has 0 spiro atoms. The number of rotatable bonds is 9. The Morgan fingerprint density at radius 3 is 2.63 bits per heavy atom. The first kappa shape index (κ1) is 24.7. The number of ether oxygens (including phenoxy) is 1. The van der Waals surface area contributed by atoms with Gasteiger partial charge in [0.05, 0.1) is 5.02 Å². The van der Waals surface area contributed by atoms with Gasteiger partial charge in [-0.2, -0.15) is 0 Å². The number of halogens is 2. The van der Waals surface area contributed by atoms with Crippen molar-refractivity contribution in [3.05, 3.63) is 110 Å². The minimum Gasteiger partial charge on any atom is -0.487 e. The van der Waals surface area contributed by atoms with Crippen LogP contribution >= 0.6 is 23.4 Å². The van der Waals surface area contributed by atoms with Crippen LogP contribution in [0.2, 0.25) is 5.02 Å². The molecule has 0 aliphatic carbocycles. The highest BCUT2D eigenvalue weighted by atomic mass is 35.5. The number of benzene rings is 3. The highest BCUT2D eigenvalue weighted by Crippen LogP contribution is 2.38. The quantitative estimate of drug-likeness (QED) is 0.147. The third-order valence-electron chi connectivity index (χ3n) is 5.29. The molecule has 35 heavy (non-hydrogen) atoms. The van der Waals surface area contributed by atoms with Gasteiger partial charge in [0.15, 0.2) is 5.16 Å². The molecule has 1 aromatic heterocycles. The lowest BCUT2D eigenvalue weighted by molar-refractivity contribution is -0.479. The van der Waals surface area contributed by atoms with Crippen molar-refractivity contribution in [2.24, 2.45) is 0 Å². The van der Waals surface area contributed by atoms with Crippen molar-refractivity contribution in [2.75, 3.05) is 6.54 Å². The molecule has 0 aliphatic heterocycles. The van der Waals surface area contributed by atoms with Crippen molar-refractivity contribution in [1.29, 1.82) is 0 Å². The summed E-state index contributed by atoms with van der Waals surface area (Å²) in [5, 5.41) is 20.2. The number of aromatic nitrogens is 3. The van der Waals surface area contributed by atoms with Crippen molar-refractivity contribution in [3.8, 4) is 11.4 Å². The lowest BCUT2D eigenvalue weighted by Crippen LogP contribution is -2.11. The normalized spacial score (nSPS) is 11.9. The maximum atomic E-state index is 13.9. The van der Waals surface area contributed by atoms with Gasteiger partial charge in [0.1, 0.15) is 29.2 Å². The molecule has 4 rings (SSSR count). The van der Waals surface area contributed by atoms with Crippen LogP contribution in [0.3, 0.4) is 0 Å². The molecule has 180 valence electrons. The second-order valence-corrected chi connectivity index (χ2v) is 9.47. The topological polar surface area (TPSA) is 83.1 Å². The van der Waals surface area contributed by atoms with E-state index < -0.39 is 5.25 Å². The summed E-state index contributed by atoms with van der Waals surface area (Å²) in [5.41, 5.74) is 3.00. The van der Waals surface area contributed by atoms with Crippen LogP contribution in [0.5, 0.6) is 5.75 Å². The molecule has 0 saturated heterocycles. The molecule has 0 radical (unpaired) electrons. The highest BCUT2D eigenvalue weighted by molar-refractivity contribution is 7.99. The van der Waals surface area contributed by atoms with Gasteiger partial charge >= 0.3 is 0 Å². The van der Waals surface area contributed by atoms with Gasteiger partial charge in [-0.3, -0.25) is 14.7 Å². The van der Waals surface area contributed by atoms with Crippen LogP contribution in [0.25, 0.3) is 5.69 Å². The molecule has 0 aliphatic rings. The Bertz CT molecular complexity index is 1360. The molecule has 1 atom stereocenters. The Kier molecular flexibility index (Phi) is 7.67. The third-order valence-corrected chi connectivity index (χ3v) is 6.76. The maximum absolute atomic E-state index is 13.9. The van der Waals surface area contributed by atoms with E-state index in [0.29, 0.717) is 27.9 Å². The van der Waals surface area contributed by atoms with E-state index in [0.717, 1.165) is 11.3 Å². The monoisotopic (exact) mass is 512 g/mol. The van der Waals surface area contributed by atoms with Gasteiger partial charge in [-0.05, 0) is 55.3 Å². The predicted molar refractivity (Wildman–Crippen MR) is 133 cm³/mol. The minimum atomic E-state index is -0.574. The molecule has 3 aromatic carbocycles. The van der Waals surface area contributed by atoms with E-state index in [1.54, 1.807) is 36.4 Å². The maximum Gasteiger partial charge on any atom is 0.220 e. The van der Waals surface area contributed by atoms with Crippen molar-refractivity contribution in [2.45, 2.75) is 30.9 Å². The molecular weight excluding hydrogens is 491 g/mol. The summed E-state index contributed by atoms with van der Waals surface area (Å²) in [6.07, 6.45) is 0. The SMILES string of the molecule is Cc1cccc(-n2c(C)nnc2S[C@H](C[N+](=O)[O-])c2ccc(OCc3ccccc3F)c(Cl)c2)c1. The summed E-state index contributed by atoms with van der Waals surface area (Å²) in [4.78, 5) is 11.1. The summed E-state index contributed by atoms with van der Waals surface area (Å²) < 4.78 is 21.4. The van der Waals surface area contributed by atoms with Crippen LogP contribution in [-0.4, -0.2) is 26.2 Å². The lowest BCUT2D eigenvalue weighted by Gasteiger charge is -2.16. The van der Waals surface area contributed by atoms with Crippen molar-refractivity contribution in [3.63, 3.8) is 0 Å². The predicted octanol–water partition coefficient (Wildman–Crippen LogP) is 6.37. The van der Waals surface area contributed by atoms with Crippen molar-refractivity contribution >= 4 is 23.4 Å². The summed E-state index contributed by atoms with van der Waals surface area (Å²) in [6.45, 7) is 3.50. The van der Waals surface area contributed by atoms with Gasteiger partial charge in [0.2, 0.25) is 6.54 Å². The number of aryl methyl sites for hydroxylation is 2. The van der Waals surface area contributed by atoms with Crippen LogP contribution < -0.4 is 4.74 Å². The summed E-state index contributed by atoms with van der Waals surface area (Å²) in [6, 6.07) is 19.2. The van der Waals surface area contributed by atoms with E-state index in [2.05, 4.69) is 10.2 Å². The van der Waals surface area contributed by atoms with Crippen LogP contribution in [0.15, 0.2) is 71.9 Å². The lowest BCUT2D eigenvalue weighted by atomic mass is 10.1. The average Bonchev–Trinajstić information content (AvgIpc) is 3.18. The summed E-state index contributed by atoms with van der Waals surface area (Å²) >= 11 is 7.68. The Labute approximate surface area is 211 Å². The molecule has 0 unspecified atom stereocenters. The van der Waals surface area contributed by atoms with Gasteiger partial charge in [-0.25, -0.2) is 4.39 Å². The van der Waals surface area contributed by atoms with Gasteiger partial charge in [-0.1, -0.05) is 59.8 Å². The fourth-order valence-corrected chi connectivity index (χ4v) is 4.97. The number of thioether (sulfide) groups is 1. The molecule has 0 amide bonds. The van der Waals surface area contributed by atoms with Crippen LogP contribution in [0, 0.1) is 29.8 Å². The van der Waals surface area contributed by atoms with E-state index in [-0.39, 0.29) is 28.9 Å². The zero-order valence-corrected chi connectivity index (χ0v) is 20.6. The molecule has 7 nitrogen and oxygen atoms in total. The van der Waals surface area contributed by atoms with E-state index >= 15 is 0 Å². The molecule has 0 bridgehead atoms. The molecule has 10 heteroatoms. The van der Waals surface area contributed by atoms with E-state index in [4.69, 9.17) is 16.3 Å². The fraction of sp³-hybridized carbons (Fsp3) is 0.200. The number of nitro groups is 1. The van der Waals surface area contributed by atoms with Gasteiger partial charge in [-0.15, -0.1) is 10.2 Å². The third kappa shape index (κ3) is 5.98. The van der Waals surface area contributed by atoms with Crippen LogP contribution in [0.4, 0.5) is 4.39 Å². The molecule has 4 aromatic rings. The second kappa shape index (κ2) is 10.9. The van der Waals surface area contributed by atoms with Crippen molar-refractivity contribution in [1.82, 2.24) is 14.8 Å². The molecule has 0 fully saturated rings. The Balaban J connectivity index is 1.59. The number of nitrogens with zero attached hydrogens (tertiary/aromatic N) is 4. The molecule has 0 saturated carbocycles. The first-order chi connectivity index (χ1) is 16.8. The number of hydrogen-bond acceptors (Lipinski definition) is 6. The van der Waals surface area contributed by atoms with E-state index in [9.17, 15) is 14.5 Å². The van der Waals surface area contributed by atoms with Crippen molar-refractivity contribution < 1.29 is 14.1 Å². The summed E-state index contributed by atoms with van der Waals surface area (Å²) in [7, 11) is 0. The molecular formula is C25H22ClFN4O3S. The first-order valence-corrected chi connectivity index (χ1v) is 12.0. The standard InChI is InChI=1S/C25H22ClFN4O3S/c1-16-6-5-8-20(12-16)31-17(2)28-29-25(31)35-24(14-30(32)33)18-10-11-23(21(26)13-18)34-15-19-7-3-4-9-22(19)27/h3-13,24H,14-15H2,1-2H3/t24-/m1/s1. The largest absolute Gasteiger partial charge is 0.487 e. The second-order valence-electron chi connectivity index (χ2n) is 7.90. The highest BCUT2D eigenvalue weighted by Gasteiger charge is 2.24. The van der Waals surface area contributed by atoms with Gasteiger partial charge < -0.3 is 4.74 Å².